The Morgan fingerprint density at radius 1 is 0.207 bits per heavy atom. The minimum Gasteiger partial charge on any atom is -0.208 e. The molecule has 0 saturated heterocycles. The molecule has 266 valence electrons. The molecular weight excluding hydrogens is 703 g/mol. The van der Waals surface area contributed by atoms with Gasteiger partial charge in [0, 0.05) is 16.7 Å². The summed E-state index contributed by atoms with van der Waals surface area (Å²) in [6.07, 6.45) is 0. The second-order valence-electron chi connectivity index (χ2n) is 15.5. The minimum atomic E-state index is 0.645. The molecule has 1 heterocycles. The maximum absolute atomic E-state index is 5.35. The highest BCUT2D eigenvalue weighted by Gasteiger charge is 2.19. The molecule has 12 aromatic carbocycles. The normalized spacial score (nSPS) is 12.1. The number of aromatic nitrogens is 3. The van der Waals surface area contributed by atoms with Crippen LogP contribution in [-0.2, 0) is 0 Å². The van der Waals surface area contributed by atoms with E-state index in [1.807, 2.05) is 18.2 Å². The first-order chi connectivity index (χ1) is 28.7. The van der Waals surface area contributed by atoms with Crippen LogP contribution in [0.1, 0.15) is 0 Å². The molecule has 13 aromatic rings. The average Bonchev–Trinajstić information content (AvgIpc) is 3.30. The van der Waals surface area contributed by atoms with E-state index in [1.54, 1.807) is 0 Å². The zero-order chi connectivity index (χ0) is 37.9. The van der Waals surface area contributed by atoms with Crippen LogP contribution in [0.15, 0.2) is 188 Å². The fourth-order valence-electron chi connectivity index (χ4n) is 9.81. The third-order valence-electron chi connectivity index (χ3n) is 12.4. The molecule has 0 spiro atoms. The molecule has 0 N–H and O–H groups in total. The zero-order valence-electron chi connectivity index (χ0n) is 31.2. The number of fused-ring (bicyclic) bond motifs is 8. The smallest absolute Gasteiger partial charge is 0.164 e. The first-order valence-electron chi connectivity index (χ1n) is 19.9. The molecule has 58 heavy (non-hydrogen) atoms. The highest BCUT2D eigenvalue weighted by Crippen LogP contribution is 2.45. The van der Waals surface area contributed by atoms with Gasteiger partial charge in [-0.1, -0.05) is 170 Å². The molecule has 0 amide bonds. The quantitative estimate of drug-likeness (QED) is 0.170. The summed E-state index contributed by atoms with van der Waals surface area (Å²) in [6, 6.07) is 68.2. The van der Waals surface area contributed by atoms with E-state index in [0.717, 1.165) is 22.1 Å². The molecule has 0 unspecified atom stereocenters. The summed E-state index contributed by atoms with van der Waals surface area (Å²) >= 11 is 0. The lowest BCUT2D eigenvalue weighted by Crippen LogP contribution is -2.00. The summed E-state index contributed by atoms with van der Waals surface area (Å²) in [5.74, 6) is 1.94. The van der Waals surface area contributed by atoms with Crippen molar-refractivity contribution in [2.45, 2.75) is 0 Å². The van der Waals surface area contributed by atoms with Crippen LogP contribution in [0.4, 0.5) is 0 Å². The highest BCUT2D eigenvalue weighted by molar-refractivity contribution is 6.37. The van der Waals surface area contributed by atoms with Crippen molar-refractivity contribution in [3.8, 4) is 34.2 Å². The predicted molar refractivity (Wildman–Crippen MR) is 245 cm³/mol. The molecule has 3 heteroatoms. The lowest BCUT2D eigenvalue weighted by Gasteiger charge is -2.17. The van der Waals surface area contributed by atoms with E-state index in [9.17, 15) is 0 Å². The molecule has 0 aliphatic rings. The molecule has 0 atom stereocenters. The summed E-state index contributed by atoms with van der Waals surface area (Å²) in [5, 5.41) is 22.2. The van der Waals surface area contributed by atoms with Crippen molar-refractivity contribution >= 4 is 97.0 Å². The highest BCUT2D eigenvalue weighted by atomic mass is 15.0. The van der Waals surface area contributed by atoms with Crippen molar-refractivity contribution in [2.24, 2.45) is 0 Å². The zero-order valence-corrected chi connectivity index (χ0v) is 31.2. The van der Waals surface area contributed by atoms with E-state index in [1.165, 1.54) is 91.6 Å². The van der Waals surface area contributed by atoms with Gasteiger partial charge in [0.25, 0.3) is 0 Å². The van der Waals surface area contributed by atoms with E-state index in [2.05, 4.69) is 170 Å². The lowest BCUT2D eigenvalue weighted by molar-refractivity contribution is 1.08. The molecule has 3 nitrogen and oxygen atoms in total. The number of benzene rings is 11. The Morgan fingerprint density at radius 3 is 1.17 bits per heavy atom. The standard InChI is InChI=1S/C55H31N3/c1-2-11-35(12-3-1)53-56-54(37-27-28-43-41-18-5-4-16-39(41)40-17-6-7-19-42(40)47(43)30-37)58-55(57-53)38-29-36-26-25-34-14-9-21-45-44-20-8-13-32-23-24-33-15-10-22-46(51(33)49(32)44)48(31-38)52(36)50(34)45/h1-31H. The van der Waals surface area contributed by atoms with E-state index in [-0.39, 0.29) is 0 Å². The molecule has 13 rings (SSSR count). The Morgan fingerprint density at radius 2 is 0.603 bits per heavy atom. The van der Waals surface area contributed by atoms with Crippen molar-refractivity contribution in [1.29, 1.82) is 0 Å². The van der Waals surface area contributed by atoms with Gasteiger partial charge in [-0.15, -0.1) is 0 Å². The van der Waals surface area contributed by atoms with Gasteiger partial charge in [-0.25, -0.2) is 15.0 Å². The molecule has 0 radical (unpaired) electrons. The first kappa shape index (κ1) is 31.5. The van der Waals surface area contributed by atoms with Gasteiger partial charge >= 0.3 is 0 Å². The second-order valence-corrected chi connectivity index (χ2v) is 15.5. The van der Waals surface area contributed by atoms with Crippen molar-refractivity contribution in [2.75, 3.05) is 0 Å². The minimum absolute atomic E-state index is 0.645. The van der Waals surface area contributed by atoms with Crippen LogP contribution >= 0.6 is 0 Å². The van der Waals surface area contributed by atoms with E-state index >= 15 is 0 Å². The Labute approximate surface area is 332 Å². The Bertz CT molecular complexity index is 3810. The Hall–Kier alpha value is -7.75. The number of nitrogens with zero attached hydrogens (tertiary/aromatic N) is 3. The maximum Gasteiger partial charge on any atom is 0.164 e. The third-order valence-corrected chi connectivity index (χ3v) is 12.4. The van der Waals surface area contributed by atoms with E-state index < -0.39 is 0 Å². The third kappa shape index (κ3) is 4.47. The Kier molecular flexibility index (Phi) is 6.44. The predicted octanol–water partition coefficient (Wildman–Crippen LogP) is 14.7. The Balaban J connectivity index is 1.14. The summed E-state index contributed by atoms with van der Waals surface area (Å²) < 4.78 is 0. The lowest BCUT2D eigenvalue weighted by atomic mass is 9.87. The summed E-state index contributed by atoms with van der Waals surface area (Å²) in [5.41, 5.74) is 2.85. The second kappa shape index (κ2) is 11.9. The topological polar surface area (TPSA) is 38.7 Å². The number of rotatable bonds is 3. The van der Waals surface area contributed by atoms with Crippen LogP contribution < -0.4 is 0 Å². The number of hydrogen-bond acceptors (Lipinski definition) is 3. The molecule has 0 bridgehead atoms. The van der Waals surface area contributed by atoms with Crippen molar-refractivity contribution < 1.29 is 0 Å². The number of hydrogen-bond donors (Lipinski definition) is 0. The fourth-order valence-corrected chi connectivity index (χ4v) is 9.81. The summed E-state index contributed by atoms with van der Waals surface area (Å²) in [7, 11) is 0. The summed E-state index contributed by atoms with van der Waals surface area (Å²) in [4.78, 5) is 15.8. The van der Waals surface area contributed by atoms with Gasteiger partial charge in [-0.2, -0.15) is 0 Å². The van der Waals surface area contributed by atoms with Crippen molar-refractivity contribution in [1.82, 2.24) is 15.0 Å². The molecule has 0 aliphatic carbocycles. The maximum atomic E-state index is 5.35. The summed E-state index contributed by atoms with van der Waals surface area (Å²) in [6.45, 7) is 0. The van der Waals surface area contributed by atoms with E-state index in [0.29, 0.717) is 17.5 Å². The van der Waals surface area contributed by atoms with Crippen molar-refractivity contribution in [3.05, 3.63) is 188 Å². The van der Waals surface area contributed by atoms with Crippen LogP contribution in [0, 0.1) is 0 Å². The molecule has 0 aliphatic heterocycles. The van der Waals surface area contributed by atoms with Gasteiger partial charge in [-0.3, -0.25) is 0 Å². The first-order valence-corrected chi connectivity index (χ1v) is 19.9. The van der Waals surface area contributed by atoms with Gasteiger partial charge in [0.05, 0.1) is 0 Å². The van der Waals surface area contributed by atoms with Gasteiger partial charge in [-0.05, 0) is 115 Å². The molecular formula is C55H31N3. The van der Waals surface area contributed by atoms with Crippen LogP contribution in [-0.4, -0.2) is 15.0 Å². The van der Waals surface area contributed by atoms with Gasteiger partial charge < -0.3 is 0 Å². The fraction of sp³-hybridized carbons (Fsp3) is 0. The largest absolute Gasteiger partial charge is 0.208 e. The van der Waals surface area contributed by atoms with Gasteiger partial charge in [0.15, 0.2) is 17.5 Å². The average molecular weight is 734 g/mol. The SMILES string of the molecule is c1ccc(-c2nc(-c3ccc4c5ccccc5c5ccccc5c4c3)nc(-c3cc4ccc5cccc6c7cccc8ccc9cccc(c(c3)c4c56)c9c87)n2)cc1. The van der Waals surface area contributed by atoms with E-state index in [4.69, 9.17) is 15.0 Å². The van der Waals surface area contributed by atoms with Gasteiger partial charge in [0.1, 0.15) is 0 Å². The van der Waals surface area contributed by atoms with Crippen LogP contribution in [0.3, 0.4) is 0 Å². The van der Waals surface area contributed by atoms with Crippen LogP contribution in [0.5, 0.6) is 0 Å². The monoisotopic (exact) mass is 733 g/mol. The van der Waals surface area contributed by atoms with Crippen molar-refractivity contribution in [3.63, 3.8) is 0 Å². The van der Waals surface area contributed by atoms with Crippen LogP contribution in [0.25, 0.3) is 131 Å². The molecule has 0 fully saturated rings. The molecule has 1 aromatic heterocycles. The van der Waals surface area contributed by atoms with Gasteiger partial charge in [0.2, 0.25) is 0 Å². The van der Waals surface area contributed by atoms with Crippen LogP contribution in [0.2, 0.25) is 0 Å². The molecule has 0 saturated carbocycles.